The van der Waals surface area contributed by atoms with Crippen molar-refractivity contribution < 1.29 is 13.2 Å². The monoisotopic (exact) mass is 295 g/mol. The highest BCUT2D eigenvalue weighted by molar-refractivity contribution is 5.40. The van der Waals surface area contributed by atoms with Gasteiger partial charge in [-0.25, -0.2) is 4.98 Å². The molecule has 1 atom stereocenters. The molecule has 0 aliphatic carbocycles. The van der Waals surface area contributed by atoms with Crippen LogP contribution < -0.4 is 5.32 Å². The molecule has 1 aliphatic heterocycles. The predicted octanol–water partition coefficient (Wildman–Crippen LogP) is 3.14. The summed E-state index contributed by atoms with van der Waals surface area (Å²) in [5.41, 5.74) is 0.678. The van der Waals surface area contributed by atoms with E-state index in [1.54, 1.807) is 23.2 Å². The molecule has 0 radical (unpaired) electrons. The molecule has 3 nitrogen and oxygen atoms in total. The second kappa shape index (κ2) is 4.87. The number of rotatable bonds is 2. The third-order valence-corrected chi connectivity index (χ3v) is 4.08. The van der Waals surface area contributed by atoms with Crippen molar-refractivity contribution in [3.05, 3.63) is 48.0 Å². The molecule has 2 aromatic rings. The minimum Gasteiger partial charge on any atom is -0.316 e. The lowest BCUT2D eigenvalue weighted by Gasteiger charge is -2.24. The van der Waals surface area contributed by atoms with Crippen LogP contribution in [0.15, 0.2) is 36.8 Å². The van der Waals surface area contributed by atoms with Gasteiger partial charge in [0, 0.05) is 29.5 Å². The molecular weight excluding hydrogens is 279 g/mol. The molecule has 1 aromatic carbocycles. The lowest BCUT2D eigenvalue weighted by molar-refractivity contribution is -0.137. The molecule has 21 heavy (non-hydrogen) atoms. The van der Waals surface area contributed by atoms with Gasteiger partial charge in [-0.05, 0) is 31.2 Å². The molecule has 1 aliphatic rings. The summed E-state index contributed by atoms with van der Waals surface area (Å²) in [6.07, 6.45) is -0.0745. The second-order valence-electron chi connectivity index (χ2n) is 5.68. The zero-order chi connectivity index (χ0) is 15.1. The second-order valence-corrected chi connectivity index (χ2v) is 5.68. The molecule has 6 heteroatoms. The highest BCUT2D eigenvalue weighted by atomic mass is 19.4. The number of nitrogens with zero attached hydrogens (tertiary/aromatic N) is 2. The van der Waals surface area contributed by atoms with E-state index in [1.807, 2.05) is 0 Å². The number of aromatic nitrogens is 2. The maximum Gasteiger partial charge on any atom is 0.416 e. The maximum atomic E-state index is 12.9. The van der Waals surface area contributed by atoms with Crippen molar-refractivity contribution in [2.45, 2.75) is 24.9 Å². The van der Waals surface area contributed by atoms with E-state index in [0.717, 1.165) is 37.3 Å². The van der Waals surface area contributed by atoms with Crippen LogP contribution in [0.2, 0.25) is 0 Å². The number of hydrogen-bond acceptors (Lipinski definition) is 2. The number of benzene rings is 1. The fraction of sp³-hybridized carbons (Fsp3) is 0.400. The summed E-state index contributed by atoms with van der Waals surface area (Å²) in [6, 6.07) is 5.35. The van der Waals surface area contributed by atoms with E-state index in [-0.39, 0.29) is 5.41 Å². The first kappa shape index (κ1) is 14.1. The number of imidazole rings is 1. The summed E-state index contributed by atoms with van der Waals surface area (Å²) in [5.74, 6) is 0. The van der Waals surface area contributed by atoms with Crippen LogP contribution in [0.4, 0.5) is 13.2 Å². The Kier molecular flexibility index (Phi) is 3.28. The zero-order valence-corrected chi connectivity index (χ0v) is 11.6. The summed E-state index contributed by atoms with van der Waals surface area (Å²) < 4.78 is 40.3. The molecule has 1 saturated heterocycles. The largest absolute Gasteiger partial charge is 0.416 e. The number of alkyl halides is 3. The van der Waals surface area contributed by atoms with Crippen molar-refractivity contribution in [2.75, 3.05) is 13.1 Å². The van der Waals surface area contributed by atoms with Gasteiger partial charge in [0.1, 0.15) is 0 Å². The van der Waals surface area contributed by atoms with Crippen LogP contribution >= 0.6 is 0 Å². The van der Waals surface area contributed by atoms with Crippen molar-refractivity contribution in [3.8, 4) is 5.69 Å². The van der Waals surface area contributed by atoms with Gasteiger partial charge in [0.15, 0.2) is 0 Å². The number of nitrogens with one attached hydrogen (secondary N) is 1. The molecule has 0 spiro atoms. The average Bonchev–Trinajstić information content (AvgIpc) is 3.07. The maximum absolute atomic E-state index is 12.9. The van der Waals surface area contributed by atoms with Gasteiger partial charge in [-0.3, -0.25) is 0 Å². The first-order valence-corrected chi connectivity index (χ1v) is 6.81. The molecular formula is C15H16F3N3. The first-order valence-electron chi connectivity index (χ1n) is 6.81. The van der Waals surface area contributed by atoms with E-state index in [1.165, 1.54) is 6.07 Å². The highest BCUT2D eigenvalue weighted by Gasteiger charge is 2.34. The Bertz CT molecular complexity index is 640. The minimum absolute atomic E-state index is 0.106. The molecule has 2 heterocycles. The Morgan fingerprint density at radius 3 is 2.81 bits per heavy atom. The van der Waals surface area contributed by atoms with Gasteiger partial charge in [0.05, 0.1) is 11.9 Å². The molecule has 1 N–H and O–H groups in total. The predicted molar refractivity (Wildman–Crippen MR) is 73.4 cm³/mol. The summed E-state index contributed by atoms with van der Waals surface area (Å²) in [7, 11) is 0. The molecule has 1 unspecified atom stereocenters. The first-order chi connectivity index (χ1) is 9.90. The Morgan fingerprint density at radius 2 is 2.14 bits per heavy atom. The molecule has 0 amide bonds. The van der Waals surface area contributed by atoms with Crippen molar-refractivity contribution in [2.24, 2.45) is 0 Å². The standard InChI is InChI=1S/C15H16F3N3/c1-14(5-6-19-9-14)13-8-20-10-21(13)12-4-2-3-11(7-12)15(16,17)18/h2-4,7-8,10,19H,5-6,9H2,1H3. The van der Waals surface area contributed by atoms with Crippen LogP contribution in [0.3, 0.4) is 0 Å². The molecule has 1 fully saturated rings. The van der Waals surface area contributed by atoms with E-state index in [4.69, 9.17) is 0 Å². The third kappa shape index (κ3) is 2.55. The topological polar surface area (TPSA) is 29.9 Å². The van der Waals surface area contributed by atoms with Gasteiger partial charge in [-0.15, -0.1) is 0 Å². The minimum atomic E-state index is -4.34. The van der Waals surface area contributed by atoms with Crippen LogP contribution in [-0.2, 0) is 11.6 Å². The van der Waals surface area contributed by atoms with Gasteiger partial charge < -0.3 is 9.88 Å². The Labute approximate surface area is 120 Å². The van der Waals surface area contributed by atoms with Crippen molar-refractivity contribution in [1.82, 2.24) is 14.9 Å². The van der Waals surface area contributed by atoms with Crippen LogP contribution in [-0.4, -0.2) is 22.6 Å². The Hall–Kier alpha value is -1.82. The van der Waals surface area contributed by atoms with Crippen LogP contribution in [0.1, 0.15) is 24.6 Å². The summed E-state index contributed by atoms with van der Waals surface area (Å²) in [5, 5.41) is 3.29. The van der Waals surface area contributed by atoms with Gasteiger partial charge in [-0.1, -0.05) is 13.0 Å². The lowest BCUT2D eigenvalue weighted by Crippen LogP contribution is -2.27. The van der Waals surface area contributed by atoms with E-state index in [2.05, 4.69) is 17.2 Å². The van der Waals surface area contributed by atoms with Crippen molar-refractivity contribution >= 4 is 0 Å². The van der Waals surface area contributed by atoms with Gasteiger partial charge in [-0.2, -0.15) is 13.2 Å². The summed E-state index contributed by atoms with van der Waals surface area (Å²) in [6.45, 7) is 3.82. The van der Waals surface area contributed by atoms with Crippen LogP contribution in [0.25, 0.3) is 5.69 Å². The Balaban J connectivity index is 2.04. The van der Waals surface area contributed by atoms with Crippen molar-refractivity contribution in [3.63, 3.8) is 0 Å². The third-order valence-electron chi connectivity index (χ3n) is 4.08. The molecule has 3 rings (SSSR count). The fourth-order valence-electron chi connectivity index (χ4n) is 2.82. The number of hydrogen-bond donors (Lipinski definition) is 1. The van der Waals surface area contributed by atoms with Gasteiger partial charge in [0.25, 0.3) is 0 Å². The zero-order valence-electron chi connectivity index (χ0n) is 11.6. The van der Waals surface area contributed by atoms with Gasteiger partial charge >= 0.3 is 6.18 Å². The normalized spacial score (nSPS) is 22.7. The molecule has 0 bridgehead atoms. The van der Waals surface area contributed by atoms with Crippen LogP contribution in [0, 0.1) is 0 Å². The van der Waals surface area contributed by atoms with E-state index in [9.17, 15) is 13.2 Å². The fourth-order valence-corrected chi connectivity index (χ4v) is 2.82. The SMILES string of the molecule is CC1(c2cncn2-c2cccc(C(F)(F)F)c2)CCNC1. The summed E-state index contributed by atoms with van der Waals surface area (Å²) >= 11 is 0. The van der Waals surface area contributed by atoms with E-state index < -0.39 is 11.7 Å². The molecule has 0 saturated carbocycles. The molecule has 1 aromatic heterocycles. The number of halogens is 3. The Morgan fingerprint density at radius 1 is 1.33 bits per heavy atom. The lowest BCUT2D eigenvalue weighted by atomic mass is 9.86. The average molecular weight is 295 g/mol. The van der Waals surface area contributed by atoms with Crippen molar-refractivity contribution in [1.29, 1.82) is 0 Å². The van der Waals surface area contributed by atoms with Gasteiger partial charge in [0.2, 0.25) is 0 Å². The highest BCUT2D eigenvalue weighted by Crippen LogP contribution is 2.34. The molecule has 112 valence electrons. The van der Waals surface area contributed by atoms with E-state index >= 15 is 0 Å². The summed E-state index contributed by atoms with van der Waals surface area (Å²) in [4.78, 5) is 4.13. The van der Waals surface area contributed by atoms with E-state index in [0.29, 0.717) is 5.69 Å². The smallest absolute Gasteiger partial charge is 0.316 e. The quantitative estimate of drug-likeness (QED) is 0.922. The van der Waals surface area contributed by atoms with Crippen LogP contribution in [0.5, 0.6) is 0 Å².